The lowest BCUT2D eigenvalue weighted by atomic mass is 10.1. The smallest absolute Gasteiger partial charge is 0.177 e. The van der Waals surface area contributed by atoms with Crippen molar-refractivity contribution in [2.24, 2.45) is 0 Å². The molecule has 4 nitrogen and oxygen atoms in total. The first-order valence-corrected chi connectivity index (χ1v) is 10.00. The van der Waals surface area contributed by atoms with Gasteiger partial charge in [0.2, 0.25) is 0 Å². The number of aryl methyl sites for hydroxylation is 1. The van der Waals surface area contributed by atoms with E-state index in [0.717, 1.165) is 53.1 Å². The first kappa shape index (κ1) is 17.6. The quantitative estimate of drug-likeness (QED) is 0.310. The number of imidazole rings is 1. The van der Waals surface area contributed by atoms with E-state index in [-0.39, 0.29) is 0 Å². The van der Waals surface area contributed by atoms with Gasteiger partial charge in [-0.1, -0.05) is 48.5 Å². The molecule has 0 saturated carbocycles. The molecule has 0 aliphatic carbocycles. The number of para-hydroxylation sites is 2. The maximum absolute atomic E-state index is 6.09. The number of hydrogen-bond donors (Lipinski definition) is 0. The molecule has 0 aliphatic heterocycles. The second-order valence-corrected chi connectivity index (χ2v) is 7.09. The highest BCUT2D eigenvalue weighted by atomic mass is 16.5. The van der Waals surface area contributed by atoms with Crippen LogP contribution < -0.4 is 4.74 Å². The van der Waals surface area contributed by atoms with Crippen LogP contribution in [0, 0.1) is 0 Å². The summed E-state index contributed by atoms with van der Waals surface area (Å²) in [5.41, 5.74) is 2.12. The molecule has 0 bridgehead atoms. The highest BCUT2D eigenvalue weighted by Crippen LogP contribution is 2.27. The minimum atomic E-state index is 0.691. The van der Waals surface area contributed by atoms with Crippen molar-refractivity contribution in [2.45, 2.75) is 19.4 Å². The van der Waals surface area contributed by atoms with Crippen molar-refractivity contribution in [1.82, 2.24) is 9.55 Å². The van der Waals surface area contributed by atoms with Crippen LogP contribution in [0.1, 0.15) is 12.8 Å². The number of aromatic nitrogens is 2. The van der Waals surface area contributed by atoms with E-state index < -0.39 is 0 Å². The normalized spacial score (nSPS) is 11.3. The summed E-state index contributed by atoms with van der Waals surface area (Å²) in [6, 6.07) is 26.6. The van der Waals surface area contributed by atoms with Crippen LogP contribution in [-0.4, -0.2) is 16.2 Å². The molecule has 29 heavy (non-hydrogen) atoms. The Balaban J connectivity index is 1.27. The second kappa shape index (κ2) is 7.84. The number of benzene rings is 3. The Morgan fingerprint density at radius 2 is 1.69 bits per heavy atom. The molecule has 3 aromatic carbocycles. The molecule has 5 rings (SSSR count). The van der Waals surface area contributed by atoms with E-state index in [1.54, 1.807) is 6.26 Å². The molecule has 0 fully saturated rings. The number of ether oxygens (including phenoxy) is 1. The van der Waals surface area contributed by atoms with Crippen molar-refractivity contribution in [2.75, 3.05) is 6.61 Å². The van der Waals surface area contributed by atoms with Gasteiger partial charge in [-0.25, -0.2) is 4.98 Å². The maximum Gasteiger partial charge on any atom is 0.177 e. The van der Waals surface area contributed by atoms with E-state index in [1.807, 2.05) is 36.4 Å². The van der Waals surface area contributed by atoms with E-state index in [9.17, 15) is 0 Å². The molecule has 4 heteroatoms. The monoisotopic (exact) mass is 382 g/mol. The van der Waals surface area contributed by atoms with Gasteiger partial charge in [0.05, 0.1) is 23.9 Å². The van der Waals surface area contributed by atoms with Gasteiger partial charge in [0.15, 0.2) is 11.6 Å². The van der Waals surface area contributed by atoms with E-state index in [0.29, 0.717) is 6.61 Å². The molecule has 0 radical (unpaired) electrons. The molecule has 5 aromatic rings. The van der Waals surface area contributed by atoms with Gasteiger partial charge in [-0.2, -0.15) is 0 Å². The van der Waals surface area contributed by atoms with Crippen molar-refractivity contribution < 1.29 is 9.15 Å². The zero-order valence-electron chi connectivity index (χ0n) is 16.1. The van der Waals surface area contributed by atoms with Crippen molar-refractivity contribution in [3.8, 4) is 17.3 Å². The molecule has 2 aromatic heterocycles. The molecule has 0 atom stereocenters. The highest BCUT2D eigenvalue weighted by molar-refractivity contribution is 5.88. The molecule has 0 spiro atoms. The third kappa shape index (κ3) is 3.49. The Hall–Kier alpha value is -3.53. The summed E-state index contributed by atoms with van der Waals surface area (Å²) in [5.74, 6) is 2.63. The number of rotatable bonds is 7. The lowest BCUT2D eigenvalue weighted by molar-refractivity contribution is 0.307. The minimum Gasteiger partial charge on any atom is -0.493 e. The fourth-order valence-electron chi connectivity index (χ4n) is 3.77. The van der Waals surface area contributed by atoms with Crippen LogP contribution in [0.5, 0.6) is 5.75 Å². The summed E-state index contributed by atoms with van der Waals surface area (Å²) in [7, 11) is 0. The van der Waals surface area contributed by atoms with Crippen LogP contribution >= 0.6 is 0 Å². The third-order valence-electron chi connectivity index (χ3n) is 5.18. The van der Waals surface area contributed by atoms with Crippen LogP contribution in [0.25, 0.3) is 33.4 Å². The van der Waals surface area contributed by atoms with Crippen LogP contribution in [0.4, 0.5) is 0 Å². The molecule has 0 amide bonds. The molecule has 0 aliphatic rings. The van der Waals surface area contributed by atoms with Crippen molar-refractivity contribution in [1.29, 1.82) is 0 Å². The van der Waals surface area contributed by atoms with Crippen LogP contribution in [-0.2, 0) is 6.54 Å². The summed E-state index contributed by atoms with van der Waals surface area (Å²) in [5, 5.41) is 2.37. The van der Waals surface area contributed by atoms with Crippen LogP contribution in [0.15, 0.2) is 89.5 Å². The topological polar surface area (TPSA) is 40.2 Å². The van der Waals surface area contributed by atoms with Gasteiger partial charge in [-0.05, 0) is 48.6 Å². The maximum atomic E-state index is 6.09. The zero-order chi connectivity index (χ0) is 19.5. The fourth-order valence-corrected chi connectivity index (χ4v) is 3.77. The molecule has 0 saturated heterocycles. The molecule has 2 heterocycles. The number of nitrogens with zero attached hydrogens (tertiary/aromatic N) is 2. The van der Waals surface area contributed by atoms with Gasteiger partial charge in [0, 0.05) is 11.9 Å². The largest absolute Gasteiger partial charge is 0.493 e. The summed E-state index contributed by atoms with van der Waals surface area (Å²) in [4.78, 5) is 4.77. The first-order valence-electron chi connectivity index (χ1n) is 10.00. The van der Waals surface area contributed by atoms with Gasteiger partial charge < -0.3 is 13.7 Å². The lowest BCUT2D eigenvalue weighted by Crippen LogP contribution is -2.04. The Morgan fingerprint density at radius 1 is 0.828 bits per heavy atom. The predicted molar refractivity (Wildman–Crippen MR) is 116 cm³/mol. The number of furan rings is 1. The standard InChI is InChI=1S/C25H22N2O2/c1-2-11-20-19(9-1)10-7-14-23(20)28-17-6-5-16-27-22-13-4-3-12-21(22)26-25(27)24-15-8-18-29-24/h1-4,7-15,18H,5-6,16-17H2. The Bertz CT molecular complexity index is 1230. The van der Waals surface area contributed by atoms with E-state index in [4.69, 9.17) is 14.1 Å². The van der Waals surface area contributed by atoms with E-state index in [2.05, 4.69) is 47.0 Å². The summed E-state index contributed by atoms with van der Waals surface area (Å²) < 4.78 is 13.9. The molecular weight excluding hydrogens is 360 g/mol. The molecule has 0 N–H and O–H groups in total. The van der Waals surface area contributed by atoms with Crippen molar-refractivity contribution in [3.63, 3.8) is 0 Å². The highest BCUT2D eigenvalue weighted by Gasteiger charge is 2.14. The minimum absolute atomic E-state index is 0.691. The molecule has 0 unspecified atom stereocenters. The number of fused-ring (bicyclic) bond motifs is 2. The zero-order valence-corrected chi connectivity index (χ0v) is 16.1. The second-order valence-electron chi connectivity index (χ2n) is 7.09. The number of unbranched alkanes of at least 4 members (excludes halogenated alkanes) is 1. The Morgan fingerprint density at radius 3 is 2.62 bits per heavy atom. The van der Waals surface area contributed by atoms with Gasteiger partial charge in [0.1, 0.15) is 5.75 Å². The predicted octanol–water partition coefficient (Wildman–Crippen LogP) is 6.31. The van der Waals surface area contributed by atoms with Gasteiger partial charge in [-0.3, -0.25) is 0 Å². The summed E-state index contributed by atoms with van der Waals surface area (Å²) in [6.07, 6.45) is 3.66. The number of hydrogen-bond acceptors (Lipinski definition) is 3. The van der Waals surface area contributed by atoms with Gasteiger partial charge in [0.25, 0.3) is 0 Å². The van der Waals surface area contributed by atoms with Crippen LogP contribution in [0.2, 0.25) is 0 Å². The molecule has 144 valence electrons. The van der Waals surface area contributed by atoms with Crippen LogP contribution in [0.3, 0.4) is 0 Å². The van der Waals surface area contributed by atoms with E-state index >= 15 is 0 Å². The first-order chi connectivity index (χ1) is 14.4. The lowest BCUT2D eigenvalue weighted by Gasteiger charge is -2.11. The third-order valence-corrected chi connectivity index (χ3v) is 5.18. The van der Waals surface area contributed by atoms with Crippen molar-refractivity contribution >= 4 is 21.8 Å². The average molecular weight is 382 g/mol. The summed E-state index contributed by atoms with van der Waals surface area (Å²) >= 11 is 0. The average Bonchev–Trinajstić information content (AvgIpc) is 3.42. The summed E-state index contributed by atoms with van der Waals surface area (Å²) in [6.45, 7) is 1.56. The SMILES string of the molecule is c1coc(-c2nc3ccccc3n2CCCCOc2cccc3ccccc23)c1. The fraction of sp³-hybridized carbons (Fsp3) is 0.160. The van der Waals surface area contributed by atoms with Gasteiger partial charge in [-0.15, -0.1) is 0 Å². The Labute approximate surface area is 169 Å². The Kier molecular flexibility index (Phi) is 4.75. The van der Waals surface area contributed by atoms with Crippen molar-refractivity contribution in [3.05, 3.63) is 85.1 Å². The molecular formula is C25H22N2O2. The van der Waals surface area contributed by atoms with Gasteiger partial charge >= 0.3 is 0 Å². The van der Waals surface area contributed by atoms with E-state index in [1.165, 1.54) is 5.39 Å².